The maximum Gasteiger partial charge on any atom is 0.231 e. The SMILES string of the molecule is Cc1cccc(CNC(=O)[C@@H]2C[C@@H](c3nc(C)no3)CN(Cc3nc(-c4ccccc4)oc3C)C2)n1. The van der Waals surface area contributed by atoms with E-state index in [9.17, 15) is 4.79 Å². The molecule has 4 aromatic rings. The van der Waals surface area contributed by atoms with Crippen molar-refractivity contribution in [3.05, 3.63) is 83.1 Å². The number of hydrogen-bond donors (Lipinski definition) is 1. The number of amides is 1. The summed E-state index contributed by atoms with van der Waals surface area (Å²) in [4.78, 5) is 29.2. The lowest BCUT2D eigenvalue weighted by Gasteiger charge is -2.35. The lowest BCUT2D eigenvalue weighted by atomic mass is 9.88. The Morgan fingerprint density at radius 2 is 1.86 bits per heavy atom. The number of likely N-dealkylation sites (tertiary alicyclic amines) is 1. The van der Waals surface area contributed by atoms with Crippen molar-refractivity contribution in [2.24, 2.45) is 5.92 Å². The van der Waals surface area contributed by atoms with Gasteiger partial charge >= 0.3 is 0 Å². The fraction of sp³-hybridized carbons (Fsp3) is 0.370. The summed E-state index contributed by atoms with van der Waals surface area (Å²) in [6, 6.07) is 15.7. The van der Waals surface area contributed by atoms with Gasteiger partial charge in [0.25, 0.3) is 0 Å². The van der Waals surface area contributed by atoms with Crippen LogP contribution in [0, 0.1) is 26.7 Å². The molecule has 1 amide bonds. The lowest BCUT2D eigenvalue weighted by Crippen LogP contribution is -2.45. The zero-order chi connectivity index (χ0) is 25.1. The Hall–Kier alpha value is -3.85. The van der Waals surface area contributed by atoms with Crippen molar-refractivity contribution in [2.45, 2.75) is 46.2 Å². The van der Waals surface area contributed by atoms with Crippen LogP contribution in [-0.4, -0.2) is 44.0 Å². The first kappa shape index (κ1) is 23.9. The number of hydrogen-bond acceptors (Lipinski definition) is 8. The third-order valence-electron chi connectivity index (χ3n) is 6.47. The summed E-state index contributed by atoms with van der Waals surface area (Å²) in [5, 5.41) is 7.03. The molecule has 1 saturated heterocycles. The van der Waals surface area contributed by atoms with E-state index in [4.69, 9.17) is 13.9 Å². The number of piperidine rings is 1. The van der Waals surface area contributed by atoms with Crippen LogP contribution < -0.4 is 5.32 Å². The maximum atomic E-state index is 13.2. The van der Waals surface area contributed by atoms with E-state index in [-0.39, 0.29) is 17.7 Å². The fourth-order valence-electron chi connectivity index (χ4n) is 4.68. The summed E-state index contributed by atoms with van der Waals surface area (Å²) >= 11 is 0. The van der Waals surface area contributed by atoms with Crippen LogP contribution >= 0.6 is 0 Å². The molecule has 1 aliphatic heterocycles. The molecule has 0 bridgehead atoms. The van der Waals surface area contributed by atoms with E-state index in [2.05, 4.69) is 25.3 Å². The molecule has 1 aromatic carbocycles. The third kappa shape index (κ3) is 5.52. The van der Waals surface area contributed by atoms with Gasteiger partial charge in [-0.25, -0.2) is 4.98 Å². The standard InChI is InChI=1S/C27H30N6O3/c1-17-8-7-11-23(29-17)13-28-25(34)21-12-22(27-30-19(3)32-36-27)15-33(14-21)16-24-18(2)35-26(31-24)20-9-5-4-6-10-20/h4-11,21-22H,12-16H2,1-3H3,(H,28,34)/t21-,22-/m1/s1. The topological polar surface area (TPSA) is 110 Å². The molecule has 1 fully saturated rings. The monoisotopic (exact) mass is 486 g/mol. The van der Waals surface area contributed by atoms with Crippen LogP contribution in [-0.2, 0) is 17.9 Å². The first-order valence-corrected chi connectivity index (χ1v) is 12.2. The van der Waals surface area contributed by atoms with Gasteiger partial charge in [-0.2, -0.15) is 4.98 Å². The number of aromatic nitrogens is 4. The predicted octanol–water partition coefficient (Wildman–Crippen LogP) is 3.97. The van der Waals surface area contributed by atoms with Crippen molar-refractivity contribution in [3.8, 4) is 11.5 Å². The molecule has 0 radical (unpaired) electrons. The summed E-state index contributed by atoms with van der Waals surface area (Å²) in [7, 11) is 0. The highest BCUT2D eigenvalue weighted by Crippen LogP contribution is 2.31. The summed E-state index contributed by atoms with van der Waals surface area (Å²) in [6.45, 7) is 7.92. The van der Waals surface area contributed by atoms with Gasteiger partial charge in [-0.3, -0.25) is 14.7 Å². The summed E-state index contributed by atoms with van der Waals surface area (Å²) in [5.74, 6) is 2.24. The minimum absolute atomic E-state index is 0.00825. The normalized spacial score (nSPS) is 18.3. The van der Waals surface area contributed by atoms with Crippen LogP contribution in [0.15, 0.2) is 57.5 Å². The molecule has 2 atom stereocenters. The second-order valence-electron chi connectivity index (χ2n) is 9.38. The van der Waals surface area contributed by atoms with E-state index in [1.807, 2.05) is 62.4 Å². The van der Waals surface area contributed by atoms with Crippen molar-refractivity contribution in [2.75, 3.05) is 13.1 Å². The first-order chi connectivity index (χ1) is 17.4. The van der Waals surface area contributed by atoms with Gasteiger partial charge in [0.1, 0.15) is 5.76 Å². The van der Waals surface area contributed by atoms with Crippen LogP contribution in [0.2, 0.25) is 0 Å². The van der Waals surface area contributed by atoms with Crippen molar-refractivity contribution in [1.29, 1.82) is 0 Å². The van der Waals surface area contributed by atoms with E-state index in [0.717, 1.165) is 28.4 Å². The molecule has 9 heteroatoms. The number of pyridine rings is 1. The van der Waals surface area contributed by atoms with Crippen LogP contribution in [0.25, 0.3) is 11.5 Å². The molecular formula is C27H30N6O3. The Morgan fingerprint density at radius 1 is 1.03 bits per heavy atom. The zero-order valence-electron chi connectivity index (χ0n) is 20.8. The molecule has 4 heterocycles. The van der Waals surface area contributed by atoms with Gasteiger partial charge in [-0.15, -0.1) is 0 Å². The van der Waals surface area contributed by atoms with E-state index < -0.39 is 0 Å². The largest absolute Gasteiger partial charge is 0.441 e. The van der Waals surface area contributed by atoms with Crippen LogP contribution in [0.4, 0.5) is 0 Å². The molecule has 186 valence electrons. The van der Waals surface area contributed by atoms with Gasteiger partial charge in [-0.1, -0.05) is 29.4 Å². The van der Waals surface area contributed by atoms with Crippen LogP contribution in [0.5, 0.6) is 0 Å². The van der Waals surface area contributed by atoms with Gasteiger partial charge in [0, 0.05) is 30.9 Å². The van der Waals surface area contributed by atoms with Gasteiger partial charge in [-0.05, 0) is 51.5 Å². The molecule has 0 saturated carbocycles. The number of nitrogens with one attached hydrogen (secondary N) is 1. The second kappa shape index (κ2) is 10.4. The van der Waals surface area contributed by atoms with Gasteiger partial charge in [0.05, 0.1) is 29.8 Å². The average molecular weight is 487 g/mol. The highest BCUT2D eigenvalue weighted by Gasteiger charge is 2.35. The average Bonchev–Trinajstić information content (AvgIpc) is 3.48. The van der Waals surface area contributed by atoms with Gasteiger partial charge < -0.3 is 14.3 Å². The summed E-state index contributed by atoms with van der Waals surface area (Å²) < 4.78 is 11.5. The molecule has 36 heavy (non-hydrogen) atoms. The Bertz CT molecular complexity index is 1330. The smallest absolute Gasteiger partial charge is 0.231 e. The van der Waals surface area contributed by atoms with Crippen LogP contribution in [0.1, 0.15) is 46.9 Å². The number of aryl methyl sites for hydroxylation is 3. The highest BCUT2D eigenvalue weighted by atomic mass is 16.5. The quantitative estimate of drug-likeness (QED) is 0.418. The predicted molar refractivity (Wildman–Crippen MR) is 133 cm³/mol. The Morgan fingerprint density at radius 3 is 2.61 bits per heavy atom. The number of carbonyl (C=O) groups is 1. The number of rotatable bonds is 7. The highest BCUT2D eigenvalue weighted by molar-refractivity contribution is 5.79. The van der Waals surface area contributed by atoms with Crippen LogP contribution in [0.3, 0.4) is 0 Å². The number of nitrogens with zero attached hydrogens (tertiary/aromatic N) is 5. The van der Waals surface area contributed by atoms with E-state index >= 15 is 0 Å². The molecule has 1 aliphatic rings. The molecule has 9 nitrogen and oxygen atoms in total. The summed E-state index contributed by atoms with van der Waals surface area (Å²) in [5.41, 5.74) is 3.56. The number of carbonyl (C=O) groups excluding carboxylic acids is 1. The number of oxazole rings is 1. The minimum Gasteiger partial charge on any atom is -0.441 e. The zero-order valence-corrected chi connectivity index (χ0v) is 20.8. The van der Waals surface area contributed by atoms with Crippen molar-refractivity contribution < 1.29 is 13.7 Å². The first-order valence-electron chi connectivity index (χ1n) is 12.2. The van der Waals surface area contributed by atoms with Gasteiger partial charge in [0.15, 0.2) is 5.82 Å². The molecule has 0 aliphatic carbocycles. The van der Waals surface area contributed by atoms with Crippen molar-refractivity contribution in [3.63, 3.8) is 0 Å². The molecule has 1 N–H and O–H groups in total. The van der Waals surface area contributed by atoms with E-state index in [1.165, 1.54) is 0 Å². The Labute approximate surface area is 210 Å². The second-order valence-corrected chi connectivity index (χ2v) is 9.38. The Kier molecular flexibility index (Phi) is 6.90. The van der Waals surface area contributed by atoms with E-state index in [1.54, 1.807) is 6.92 Å². The number of benzene rings is 1. The molecule has 0 unspecified atom stereocenters. The molecule has 0 spiro atoms. The third-order valence-corrected chi connectivity index (χ3v) is 6.47. The fourth-order valence-corrected chi connectivity index (χ4v) is 4.68. The maximum absolute atomic E-state index is 13.2. The van der Waals surface area contributed by atoms with Gasteiger partial charge in [0.2, 0.25) is 17.7 Å². The van der Waals surface area contributed by atoms with E-state index in [0.29, 0.717) is 50.2 Å². The van der Waals surface area contributed by atoms with Crippen molar-refractivity contribution >= 4 is 5.91 Å². The summed E-state index contributed by atoms with van der Waals surface area (Å²) in [6.07, 6.45) is 0.637. The lowest BCUT2D eigenvalue weighted by molar-refractivity contribution is -0.127. The van der Waals surface area contributed by atoms with Crippen molar-refractivity contribution in [1.82, 2.24) is 30.3 Å². The Balaban J connectivity index is 1.32. The molecule has 3 aromatic heterocycles. The molecule has 5 rings (SSSR count). The molecular weight excluding hydrogens is 456 g/mol. The minimum atomic E-state index is -0.235.